The lowest BCUT2D eigenvalue weighted by atomic mass is 10.3. The zero-order valence-electron chi connectivity index (χ0n) is 8.50. The standard InChI is InChI=1S/C6H12O2.C3H6O2/c1-3-5-6(7)8-4-2;1-2-3(4)5/h3-5H2,1-2H3;2H2,1H3,(H,4,5). The molecule has 0 saturated carbocycles. The van der Waals surface area contributed by atoms with Crippen LogP contribution in [0.2, 0.25) is 0 Å². The second-order valence-corrected chi connectivity index (χ2v) is 2.30. The zero-order chi connectivity index (χ0) is 10.7. The van der Waals surface area contributed by atoms with Gasteiger partial charge in [-0.3, -0.25) is 9.59 Å². The zero-order valence-corrected chi connectivity index (χ0v) is 8.50. The molecule has 0 aromatic rings. The molecule has 78 valence electrons. The number of carboxylic acid groups (broad SMARTS) is 1. The molecule has 0 radical (unpaired) electrons. The van der Waals surface area contributed by atoms with Gasteiger partial charge in [-0.05, 0) is 13.3 Å². The molecule has 0 spiro atoms. The van der Waals surface area contributed by atoms with Gasteiger partial charge in [0.15, 0.2) is 0 Å². The fourth-order valence-electron chi connectivity index (χ4n) is 0.437. The molecule has 0 fully saturated rings. The summed E-state index contributed by atoms with van der Waals surface area (Å²) < 4.78 is 4.64. The number of ether oxygens (including phenoxy) is 1. The third-order valence-electron chi connectivity index (χ3n) is 1.06. The summed E-state index contributed by atoms with van der Waals surface area (Å²) in [5.74, 6) is -0.833. The van der Waals surface area contributed by atoms with Gasteiger partial charge in [-0.25, -0.2) is 0 Å². The third-order valence-corrected chi connectivity index (χ3v) is 1.06. The van der Waals surface area contributed by atoms with Crippen molar-refractivity contribution in [2.45, 2.75) is 40.0 Å². The Morgan fingerprint density at radius 3 is 1.92 bits per heavy atom. The fraction of sp³-hybridized carbons (Fsp3) is 0.778. The van der Waals surface area contributed by atoms with E-state index in [-0.39, 0.29) is 12.4 Å². The normalized spacial score (nSPS) is 8.23. The Balaban J connectivity index is 0. The predicted octanol–water partition coefficient (Wildman–Crippen LogP) is 1.83. The van der Waals surface area contributed by atoms with E-state index >= 15 is 0 Å². The van der Waals surface area contributed by atoms with Gasteiger partial charge in [0.1, 0.15) is 0 Å². The Morgan fingerprint density at radius 2 is 1.69 bits per heavy atom. The number of carboxylic acids is 1. The van der Waals surface area contributed by atoms with E-state index in [1.54, 1.807) is 6.92 Å². The first kappa shape index (κ1) is 14.5. The van der Waals surface area contributed by atoms with Gasteiger partial charge < -0.3 is 9.84 Å². The van der Waals surface area contributed by atoms with Crippen molar-refractivity contribution in [2.75, 3.05) is 6.61 Å². The summed E-state index contributed by atoms with van der Waals surface area (Å²) in [6.07, 6.45) is 1.65. The first-order chi connectivity index (χ1) is 6.08. The molecule has 4 heteroatoms. The molecule has 1 N–H and O–H groups in total. The van der Waals surface area contributed by atoms with Gasteiger partial charge in [-0.2, -0.15) is 0 Å². The van der Waals surface area contributed by atoms with Crippen molar-refractivity contribution in [1.82, 2.24) is 0 Å². The van der Waals surface area contributed by atoms with E-state index in [9.17, 15) is 9.59 Å². The van der Waals surface area contributed by atoms with Crippen molar-refractivity contribution in [3.05, 3.63) is 0 Å². The summed E-state index contributed by atoms with van der Waals surface area (Å²) in [6, 6.07) is 0. The van der Waals surface area contributed by atoms with E-state index in [1.807, 2.05) is 13.8 Å². The topological polar surface area (TPSA) is 63.6 Å². The average molecular weight is 190 g/mol. The van der Waals surface area contributed by atoms with Crippen LogP contribution in [0.4, 0.5) is 0 Å². The van der Waals surface area contributed by atoms with Crippen LogP contribution in [0.5, 0.6) is 0 Å². The molecule has 0 rings (SSSR count). The van der Waals surface area contributed by atoms with Crippen molar-refractivity contribution in [3.63, 3.8) is 0 Å². The molecule has 13 heavy (non-hydrogen) atoms. The van der Waals surface area contributed by atoms with Gasteiger partial charge in [0.2, 0.25) is 0 Å². The molecule has 4 nitrogen and oxygen atoms in total. The van der Waals surface area contributed by atoms with Crippen LogP contribution < -0.4 is 0 Å². The lowest BCUT2D eigenvalue weighted by Crippen LogP contribution is -2.01. The first-order valence-electron chi connectivity index (χ1n) is 4.45. The summed E-state index contributed by atoms with van der Waals surface area (Å²) in [4.78, 5) is 19.8. The molecule has 0 bridgehead atoms. The van der Waals surface area contributed by atoms with E-state index in [1.165, 1.54) is 0 Å². The van der Waals surface area contributed by atoms with Gasteiger partial charge in [-0.15, -0.1) is 0 Å². The molecule has 0 atom stereocenters. The van der Waals surface area contributed by atoms with E-state index in [4.69, 9.17) is 5.11 Å². The van der Waals surface area contributed by atoms with Crippen LogP contribution in [-0.2, 0) is 14.3 Å². The highest BCUT2D eigenvalue weighted by molar-refractivity contribution is 5.69. The van der Waals surface area contributed by atoms with Crippen LogP contribution in [0, 0.1) is 0 Å². The van der Waals surface area contributed by atoms with Crippen molar-refractivity contribution < 1.29 is 19.4 Å². The number of carbonyl (C=O) groups is 2. The number of hydrogen-bond donors (Lipinski definition) is 1. The third kappa shape index (κ3) is 18.2. The molecular formula is C9H18O4. The quantitative estimate of drug-likeness (QED) is 0.687. The Hall–Kier alpha value is -1.06. The van der Waals surface area contributed by atoms with E-state index in [0.29, 0.717) is 13.0 Å². The second kappa shape index (κ2) is 10.9. The fourth-order valence-corrected chi connectivity index (χ4v) is 0.437. The summed E-state index contributed by atoms with van der Waals surface area (Å²) >= 11 is 0. The summed E-state index contributed by atoms with van der Waals surface area (Å²) in [5.41, 5.74) is 0. The smallest absolute Gasteiger partial charge is 0.305 e. The number of carbonyl (C=O) groups excluding carboxylic acids is 1. The Labute approximate surface area is 78.9 Å². The van der Waals surface area contributed by atoms with Crippen LogP contribution in [0.1, 0.15) is 40.0 Å². The maximum absolute atomic E-state index is 10.4. The molecule has 0 aliphatic heterocycles. The number of aliphatic carboxylic acids is 1. The summed E-state index contributed by atoms with van der Waals surface area (Å²) in [6.45, 7) is 5.87. The highest BCUT2D eigenvalue weighted by atomic mass is 16.5. The molecule has 0 saturated heterocycles. The number of esters is 1. The molecule has 0 aromatic carbocycles. The second-order valence-electron chi connectivity index (χ2n) is 2.30. The van der Waals surface area contributed by atoms with Gasteiger partial charge in [0.05, 0.1) is 6.61 Å². The van der Waals surface area contributed by atoms with Crippen LogP contribution in [-0.4, -0.2) is 23.7 Å². The highest BCUT2D eigenvalue weighted by Crippen LogP contribution is 1.89. The maximum Gasteiger partial charge on any atom is 0.305 e. The van der Waals surface area contributed by atoms with E-state index in [0.717, 1.165) is 6.42 Å². The van der Waals surface area contributed by atoms with Gasteiger partial charge in [-0.1, -0.05) is 13.8 Å². The van der Waals surface area contributed by atoms with Crippen LogP contribution in [0.3, 0.4) is 0 Å². The first-order valence-corrected chi connectivity index (χ1v) is 4.45. The lowest BCUT2D eigenvalue weighted by molar-refractivity contribution is -0.143. The van der Waals surface area contributed by atoms with Crippen LogP contribution >= 0.6 is 0 Å². The number of rotatable bonds is 4. The molecule has 0 aromatic heterocycles. The molecule has 0 heterocycles. The van der Waals surface area contributed by atoms with E-state index < -0.39 is 5.97 Å². The Bertz CT molecular complexity index is 135. The van der Waals surface area contributed by atoms with Gasteiger partial charge in [0, 0.05) is 12.8 Å². The Morgan fingerprint density at radius 1 is 1.23 bits per heavy atom. The molecule has 0 aliphatic carbocycles. The number of hydrogen-bond acceptors (Lipinski definition) is 3. The predicted molar refractivity (Wildman–Crippen MR) is 49.5 cm³/mol. The summed E-state index contributed by atoms with van der Waals surface area (Å²) in [5, 5.41) is 7.72. The van der Waals surface area contributed by atoms with Gasteiger partial charge >= 0.3 is 11.9 Å². The lowest BCUT2D eigenvalue weighted by Gasteiger charge is -1.96. The SMILES string of the molecule is CCC(=O)O.CCCC(=O)OCC. The van der Waals surface area contributed by atoms with Crippen LogP contribution in [0.25, 0.3) is 0 Å². The van der Waals surface area contributed by atoms with Crippen molar-refractivity contribution in [3.8, 4) is 0 Å². The van der Waals surface area contributed by atoms with Crippen molar-refractivity contribution in [1.29, 1.82) is 0 Å². The highest BCUT2D eigenvalue weighted by Gasteiger charge is 1.95. The van der Waals surface area contributed by atoms with Crippen LogP contribution in [0.15, 0.2) is 0 Å². The van der Waals surface area contributed by atoms with Crippen molar-refractivity contribution >= 4 is 11.9 Å². The molecule has 0 unspecified atom stereocenters. The van der Waals surface area contributed by atoms with E-state index in [2.05, 4.69) is 4.74 Å². The average Bonchev–Trinajstić information content (AvgIpc) is 2.06. The molecule has 0 aliphatic rings. The largest absolute Gasteiger partial charge is 0.481 e. The minimum atomic E-state index is -0.745. The summed E-state index contributed by atoms with van der Waals surface area (Å²) in [7, 11) is 0. The monoisotopic (exact) mass is 190 g/mol. The van der Waals surface area contributed by atoms with Gasteiger partial charge in [0.25, 0.3) is 0 Å². The molecule has 0 amide bonds. The minimum absolute atomic E-state index is 0.0880. The van der Waals surface area contributed by atoms with Crippen molar-refractivity contribution in [2.24, 2.45) is 0 Å². The molecular weight excluding hydrogens is 172 g/mol. The minimum Gasteiger partial charge on any atom is -0.481 e. The maximum atomic E-state index is 10.4. The Kier molecular flexibility index (Phi) is 12.2.